The highest BCUT2D eigenvalue weighted by Gasteiger charge is 2.31. The average Bonchev–Trinajstić information content (AvgIpc) is 2.32. The van der Waals surface area contributed by atoms with Crippen molar-refractivity contribution in [1.82, 2.24) is 0 Å². The molecule has 0 amide bonds. The van der Waals surface area contributed by atoms with Gasteiger partial charge in [-0.25, -0.2) is 4.39 Å². The molecule has 0 fully saturated rings. The van der Waals surface area contributed by atoms with Gasteiger partial charge in [0.1, 0.15) is 0 Å². The van der Waals surface area contributed by atoms with Gasteiger partial charge in [0.15, 0.2) is 12.0 Å². The van der Waals surface area contributed by atoms with Crippen molar-refractivity contribution in [3.63, 3.8) is 0 Å². The van der Waals surface area contributed by atoms with Gasteiger partial charge in [0, 0.05) is 16.5 Å². The minimum Gasteiger partial charge on any atom is -0.291 e. The Morgan fingerprint density at radius 2 is 2.25 bits per heavy atom. The lowest BCUT2D eigenvalue weighted by molar-refractivity contribution is 0.0899. The summed E-state index contributed by atoms with van der Waals surface area (Å²) in [5, 5.41) is 0. The second kappa shape index (κ2) is 2.66. The lowest BCUT2D eigenvalue weighted by Gasteiger charge is -1.97. The van der Waals surface area contributed by atoms with E-state index in [4.69, 9.17) is 0 Å². The molecule has 1 aliphatic rings. The van der Waals surface area contributed by atoms with Crippen LogP contribution in [0, 0.1) is 0 Å². The van der Waals surface area contributed by atoms with Crippen LogP contribution >= 0.6 is 15.9 Å². The van der Waals surface area contributed by atoms with E-state index in [0.29, 0.717) is 5.56 Å². The number of ketones is 1. The van der Waals surface area contributed by atoms with E-state index in [-0.39, 0.29) is 12.2 Å². The topological polar surface area (TPSA) is 17.1 Å². The second-order valence-electron chi connectivity index (χ2n) is 2.80. The predicted octanol–water partition coefficient (Wildman–Crippen LogP) is 2.53. The van der Waals surface area contributed by atoms with Crippen LogP contribution in [0.2, 0.25) is 0 Å². The van der Waals surface area contributed by atoms with Gasteiger partial charge in [-0.1, -0.05) is 28.1 Å². The maximum absolute atomic E-state index is 12.9. The van der Waals surface area contributed by atoms with Crippen molar-refractivity contribution >= 4 is 21.7 Å². The molecule has 1 atom stereocenters. The smallest absolute Gasteiger partial charge is 0.197 e. The van der Waals surface area contributed by atoms with Crippen LogP contribution in [-0.4, -0.2) is 12.0 Å². The van der Waals surface area contributed by atoms with E-state index >= 15 is 0 Å². The molecular weight excluding hydrogens is 223 g/mol. The molecule has 0 N–H and O–H groups in total. The van der Waals surface area contributed by atoms with Gasteiger partial charge in [-0.2, -0.15) is 0 Å². The minimum absolute atomic E-state index is 0.218. The standard InChI is InChI=1S/C9H6BrFO/c10-7-3-1-2-5-6(7)4-8(11)9(5)12/h1-3,8H,4H2. The molecule has 0 aromatic heterocycles. The summed E-state index contributed by atoms with van der Waals surface area (Å²) in [6.07, 6.45) is -1.12. The van der Waals surface area contributed by atoms with E-state index < -0.39 is 6.17 Å². The highest BCUT2D eigenvalue weighted by molar-refractivity contribution is 9.10. The summed E-state index contributed by atoms with van der Waals surface area (Å²) in [6, 6.07) is 5.24. The van der Waals surface area contributed by atoms with Gasteiger partial charge in [-0.05, 0) is 11.6 Å². The van der Waals surface area contributed by atoms with E-state index in [9.17, 15) is 9.18 Å². The van der Waals surface area contributed by atoms with Gasteiger partial charge in [-0.15, -0.1) is 0 Å². The lowest BCUT2D eigenvalue weighted by atomic mass is 10.1. The zero-order valence-corrected chi connectivity index (χ0v) is 7.77. The quantitative estimate of drug-likeness (QED) is 0.668. The molecule has 12 heavy (non-hydrogen) atoms. The highest BCUT2D eigenvalue weighted by Crippen LogP contribution is 2.30. The Morgan fingerprint density at radius 3 is 2.92 bits per heavy atom. The minimum atomic E-state index is -1.33. The lowest BCUT2D eigenvalue weighted by Crippen LogP contribution is -2.07. The number of hydrogen-bond acceptors (Lipinski definition) is 1. The first-order valence-electron chi connectivity index (χ1n) is 3.66. The number of Topliss-reactive ketones (excluding diaryl/α,β-unsaturated/α-hetero) is 1. The number of benzene rings is 1. The highest BCUT2D eigenvalue weighted by atomic mass is 79.9. The number of hydrogen-bond donors (Lipinski definition) is 0. The zero-order chi connectivity index (χ0) is 8.72. The number of rotatable bonds is 0. The van der Waals surface area contributed by atoms with E-state index in [0.717, 1.165) is 10.0 Å². The van der Waals surface area contributed by atoms with Crippen molar-refractivity contribution < 1.29 is 9.18 Å². The Morgan fingerprint density at radius 1 is 1.50 bits per heavy atom. The van der Waals surface area contributed by atoms with Crippen molar-refractivity contribution in [1.29, 1.82) is 0 Å². The van der Waals surface area contributed by atoms with Gasteiger partial charge < -0.3 is 0 Å². The van der Waals surface area contributed by atoms with Crippen molar-refractivity contribution in [2.75, 3.05) is 0 Å². The molecule has 0 bridgehead atoms. The Bertz CT molecular complexity index is 348. The SMILES string of the molecule is O=C1c2cccc(Br)c2CC1F. The Balaban J connectivity index is 2.61. The largest absolute Gasteiger partial charge is 0.291 e. The van der Waals surface area contributed by atoms with Gasteiger partial charge >= 0.3 is 0 Å². The first-order valence-corrected chi connectivity index (χ1v) is 4.45. The molecule has 1 aliphatic carbocycles. The van der Waals surface area contributed by atoms with E-state index in [1.807, 2.05) is 6.07 Å². The number of carbonyl (C=O) groups excluding carboxylic acids is 1. The van der Waals surface area contributed by atoms with Gasteiger partial charge in [-0.3, -0.25) is 4.79 Å². The molecular formula is C9H6BrFO. The molecule has 62 valence electrons. The third kappa shape index (κ3) is 1.00. The van der Waals surface area contributed by atoms with Gasteiger partial charge in [0.05, 0.1) is 0 Å². The van der Waals surface area contributed by atoms with Gasteiger partial charge in [0.2, 0.25) is 0 Å². The third-order valence-corrected chi connectivity index (χ3v) is 2.80. The Hall–Kier alpha value is -0.700. The van der Waals surface area contributed by atoms with Crippen molar-refractivity contribution in [2.24, 2.45) is 0 Å². The molecule has 2 rings (SSSR count). The summed E-state index contributed by atoms with van der Waals surface area (Å²) in [5.74, 6) is -0.383. The average molecular weight is 229 g/mol. The van der Waals surface area contributed by atoms with Crippen LogP contribution in [0.5, 0.6) is 0 Å². The van der Waals surface area contributed by atoms with Crippen LogP contribution in [0.25, 0.3) is 0 Å². The molecule has 0 heterocycles. The van der Waals surface area contributed by atoms with Crippen molar-refractivity contribution in [3.8, 4) is 0 Å². The number of alkyl halides is 1. The first kappa shape index (κ1) is 7.92. The van der Waals surface area contributed by atoms with Crippen LogP contribution in [0.4, 0.5) is 4.39 Å². The molecule has 1 aromatic rings. The first-order chi connectivity index (χ1) is 5.70. The molecule has 1 nitrogen and oxygen atoms in total. The van der Waals surface area contributed by atoms with Crippen molar-refractivity contribution in [3.05, 3.63) is 33.8 Å². The summed E-state index contributed by atoms with van der Waals surface area (Å²) in [6.45, 7) is 0. The van der Waals surface area contributed by atoms with Gasteiger partial charge in [0.25, 0.3) is 0 Å². The van der Waals surface area contributed by atoms with Crippen molar-refractivity contribution in [2.45, 2.75) is 12.6 Å². The van der Waals surface area contributed by atoms with Crippen LogP contribution in [-0.2, 0) is 6.42 Å². The normalized spacial score (nSPS) is 21.2. The maximum Gasteiger partial charge on any atom is 0.197 e. The Kier molecular flexibility index (Phi) is 1.76. The fourth-order valence-corrected chi connectivity index (χ4v) is 1.97. The zero-order valence-electron chi connectivity index (χ0n) is 6.18. The summed E-state index contributed by atoms with van der Waals surface area (Å²) < 4.78 is 13.7. The molecule has 3 heteroatoms. The fourth-order valence-electron chi connectivity index (χ4n) is 1.44. The number of carbonyl (C=O) groups is 1. The van der Waals surface area contributed by atoms with E-state index in [1.165, 1.54) is 0 Å². The summed E-state index contributed by atoms with van der Waals surface area (Å²) >= 11 is 3.28. The summed E-state index contributed by atoms with van der Waals surface area (Å²) in [4.78, 5) is 11.2. The molecule has 0 aliphatic heterocycles. The number of halogens is 2. The molecule has 1 aromatic carbocycles. The Labute approximate surface area is 77.7 Å². The number of fused-ring (bicyclic) bond motifs is 1. The molecule has 0 saturated heterocycles. The second-order valence-corrected chi connectivity index (χ2v) is 3.66. The molecule has 0 spiro atoms. The van der Waals surface area contributed by atoms with E-state index in [1.54, 1.807) is 12.1 Å². The molecule has 1 unspecified atom stereocenters. The van der Waals surface area contributed by atoms with Crippen LogP contribution in [0.1, 0.15) is 15.9 Å². The summed E-state index contributed by atoms with van der Waals surface area (Å²) in [5.41, 5.74) is 1.33. The van der Waals surface area contributed by atoms with E-state index in [2.05, 4.69) is 15.9 Å². The van der Waals surface area contributed by atoms with Crippen LogP contribution < -0.4 is 0 Å². The summed E-state index contributed by atoms with van der Waals surface area (Å²) in [7, 11) is 0. The maximum atomic E-state index is 12.9. The third-order valence-electron chi connectivity index (χ3n) is 2.05. The predicted molar refractivity (Wildman–Crippen MR) is 47.1 cm³/mol. The molecule has 0 radical (unpaired) electrons. The monoisotopic (exact) mass is 228 g/mol. The molecule has 0 saturated carbocycles. The van der Waals surface area contributed by atoms with Crippen LogP contribution in [0.15, 0.2) is 22.7 Å². The van der Waals surface area contributed by atoms with Crippen LogP contribution in [0.3, 0.4) is 0 Å². The fraction of sp³-hybridized carbons (Fsp3) is 0.222.